The number of hydrogen-bond acceptors (Lipinski definition) is 7. The summed E-state index contributed by atoms with van der Waals surface area (Å²) in [5.74, 6) is 0.393. The number of carbonyl (C=O) groups is 1. The number of sulfonamides is 1. The van der Waals surface area contributed by atoms with Crippen molar-refractivity contribution in [3.8, 4) is 5.75 Å². The number of hydrogen-bond donors (Lipinski definition) is 0. The summed E-state index contributed by atoms with van der Waals surface area (Å²) in [5, 5.41) is 5.05. The molecule has 2 aromatic heterocycles. The molecule has 2 aromatic carbocycles. The van der Waals surface area contributed by atoms with Gasteiger partial charge in [0.25, 0.3) is 5.91 Å². The summed E-state index contributed by atoms with van der Waals surface area (Å²) < 4.78 is 34.5. The zero-order chi connectivity index (χ0) is 26.0. The van der Waals surface area contributed by atoms with Crippen molar-refractivity contribution in [3.63, 3.8) is 0 Å². The van der Waals surface area contributed by atoms with Crippen molar-refractivity contribution in [1.82, 2.24) is 19.1 Å². The molecule has 36 heavy (non-hydrogen) atoms. The lowest BCUT2D eigenvalue weighted by Crippen LogP contribution is -2.34. The highest BCUT2D eigenvalue weighted by Crippen LogP contribution is 2.35. The predicted molar refractivity (Wildman–Crippen MR) is 141 cm³/mol. The molecule has 0 unspecified atom stereocenters. The molecule has 0 saturated heterocycles. The lowest BCUT2D eigenvalue weighted by atomic mass is 10.2. The molecule has 0 radical (unpaired) electrons. The molecule has 1 amide bonds. The third-order valence-electron chi connectivity index (χ3n) is 5.67. The van der Waals surface area contributed by atoms with E-state index in [-0.39, 0.29) is 10.8 Å². The van der Waals surface area contributed by atoms with Crippen LogP contribution in [0.25, 0.3) is 10.2 Å². The molecule has 0 aliphatic carbocycles. The summed E-state index contributed by atoms with van der Waals surface area (Å²) in [6, 6.07) is 13.7. The van der Waals surface area contributed by atoms with E-state index in [0.717, 1.165) is 20.4 Å². The molecule has 0 saturated carbocycles. The first-order valence-corrected chi connectivity index (χ1v) is 13.8. The molecule has 4 aromatic rings. The van der Waals surface area contributed by atoms with Crippen molar-refractivity contribution in [2.45, 2.75) is 32.2 Å². The van der Waals surface area contributed by atoms with Gasteiger partial charge in [-0.2, -0.15) is 5.10 Å². The highest BCUT2D eigenvalue weighted by molar-refractivity contribution is 7.89. The zero-order valence-corrected chi connectivity index (χ0v) is 22.6. The van der Waals surface area contributed by atoms with Crippen LogP contribution in [0.4, 0.5) is 5.13 Å². The predicted octanol–water partition coefficient (Wildman–Crippen LogP) is 4.11. The second-order valence-corrected chi connectivity index (χ2v) is 11.6. The Balaban J connectivity index is 1.71. The first-order valence-electron chi connectivity index (χ1n) is 11.5. The highest BCUT2D eigenvalue weighted by atomic mass is 32.2. The minimum Gasteiger partial charge on any atom is -0.492 e. The van der Waals surface area contributed by atoms with E-state index in [9.17, 15) is 13.2 Å². The van der Waals surface area contributed by atoms with Gasteiger partial charge in [0.05, 0.1) is 28.4 Å². The van der Waals surface area contributed by atoms with Crippen LogP contribution < -0.4 is 9.64 Å². The van der Waals surface area contributed by atoms with Crippen molar-refractivity contribution in [1.29, 1.82) is 0 Å². The monoisotopic (exact) mass is 527 g/mol. The van der Waals surface area contributed by atoms with Crippen LogP contribution in [0, 0.1) is 13.8 Å². The van der Waals surface area contributed by atoms with Crippen molar-refractivity contribution in [2.24, 2.45) is 0 Å². The van der Waals surface area contributed by atoms with Crippen LogP contribution >= 0.6 is 11.3 Å². The Bertz CT molecular complexity index is 1490. The minimum absolute atomic E-state index is 0.125. The van der Waals surface area contributed by atoms with Gasteiger partial charge in [-0.3, -0.25) is 14.4 Å². The van der Waals surface area contributed by atoms with Crippen molar-refractivity contribution in [2.75, 3.05) is 32.1 Å². The van der Waals surface area contributed by atoms with Crippen LogP contribution in [-0.2, 0) is 16.6 Å². The second kappa shape index (κ2) is 10.4. The maximum Gasteiger partial charge on any atom is 0.260 e. The van der Waals surface area contributed by atoms with Crippen LogP contribution in [0.15, 0.2) is 53.4 Å². The van der Waals surface area contributed by atoms with E-state index in [1.165, 1.54) is 49.7 Å². The second-order valence-electron chi connectivity index (χ2n) is 8.45. The van der Waals surface area contributed by atoms with Gasteiger partial charge in [-0.15, -0.1) is 0 Å². The zero-order valence-electron chi connectivity index (χ0n) is 20.9. The van der Waals surface area contributed by atoms with E-state index >= 15 is 0 Å². The van der Waals surface area contributed by atoms with Crippen LogP contribution in [0.2, 0.25) is 0 Å². The Morgan fingerprint density at radius 2 is 1.83 bits per heavy atom. The summed E-state index contributed by atoms with van der Waals surface area (Å²) >= 11 is 1.41. The average Bonchev–Trinajstić information content (AvgIpc) is 3.42. The number of carbonyl (C=O) groups excluding carboxylic acids is 1. The highest BCUT2D eigenvalue weighted by Gasteiger charge is 2.24. The van der Waals surface area contributed by atoms with Gasteiger partial charge in [-0.1, -0.05) is 17.4 Å². The molecule has 4 rings (SSSR count). The van der Waals surface area contributed by atoms with E-state index in [1.807, 2.05) is 49.7 Å². The molecule has 2 heterocycles. The smallest absolute Gasteiger partial charge is 0.260 e. The molecule has 0 bridgehead atoms. The molecular weight excluding hydrogens is 498 g/mol. The van der Waals surface area contributed by atoms with E-state index in [1.54, 1.807) is 4.90 Å². The molecule has 190 valence electrons. The number of aromatic nitrogens is 3. The van der Waals surface area contributed by atoms with Gasteiger partial charge in [0.2, 0.25) is 10.0 Å². The van der Waals surface area contributed by atoms with Crippen LogP contribution in [0.3, 0.4) is 0 Å². The third-order valence-corrected chi connectivity index (χ3v) is 8.54. The summed E-state index contributed by atoms with van der Waals surface area (Å²) in [4.78, 5) is 20.2. The van der Waals surface area contributed by atoms with Crippen molar-refractivity contribution >= 4 is 42.6 Å². The van der Waals surface area contributed by atoms with Gasteiger partial charge < -0.3 is 4.74 Å². The fourth-order valence-corrected chi connectivity index (χ4v) is 5.72. The molecule has 11 heteroatoms. The number of nitrogens with zero attached hydrogens (tertiary/aromatic N) is 5. The first-order chi connectivity index (χ1) is 17.1. The quantitative estimate of drug-likeness (QED) is 0.325. The summed E-state index contributed by atoms with van der Waals surface area (Å²) in [7, 11) is -0.653. The number of amides is 1. The maximum absolute atomic E-state index is 13.7. The maximum atomic E-state index is 13.7. The van der Waals surface area contributed by atoms with Crippen LogP contribution in [0.1, 0.15) is 28.7 Å². The number of aryl methyl sites for hydroxylation is 2. The molecule has 9 nitrogen and oxygen atoms in total. The van der Waals surface area contributed by atoms with E-state index < -0.39 is 10.0 Å². The topological polar surface area (TPSA) is 97.6 Å². The fraction of sp³-hybridized carbons (Fsp3) is 0.320. The van der Waals surface area contributed by atoms with Crippen LogP contribution in [0.5, 0.6) is 5.75 Å². The van der Waals surface area contributed by atoms with E-state index in [2.05, 4.69) is 5.10 Å². The van der Waals surface area contributed by atoms with Gasteiger partial charge in [0.1, 0.15) is 11.3 Å². The standard InChI is InChI=1S/C25H29N5O4S2/c1-6-34-21-8-7-9-22-23(21)26-25(35-22)29(14-15-30-18(3)16-17(2)27-30)24(31)19-10-12-20(13-11-19)36(32,33)28(4)5/h7-13,16H,6,14-15H2,1-5H3. The number of thiazole rings is 1. The molecule has 0 fully saturated rings. The number of benzene rings is 2. The lowest BCUT2D eigenvalue weighted by molar-refractivity contribution is 0.0985. The summed E-state index contributed by atoms with van der Waals surface area (Å²) in [6.07, 6.45) is 0. The number of ether oxygens (including phenoxy) is 1. The SMILES string of the molecule is CCOc1cccc2sc(N(CCn3nc(C)cc3C)C(=O)c3ccc(S(=O)(=O)N(C)C)cc3)nc12. The summed E-state index contributed by atoms with van der Waals surface area (Å²) in [5.41, 5.74) is 2.98. The molecule has 0 aliphatic heterocycles. The Labute approximate surface area is 215 Å². The number of rotatable bonds is 9. The van der Waals surface area contributed by atoms with Gasteiger partial charge in [-0.25, -0.2) is 17.7 Å². The molecule has 0 spiro atoms. The molecular formula is C25H29N5O4S2. The van der Waals surface area contributed by atoms with Gasteiger partial charge in [0, 0.05) is 31.9 Å². The lowest BCUT2D eigenvalue weighted by Gasteiger charge is -2.21. The van der Waals surface area contributed by atoms with Crippen LogP contribution in [-0.4, -0.2) is 60.6 Å². The molecule has 0 atom stereocenters. The average molecular weight is 528 g/mol. The molecule has 0 aliphatic rings. The Morgan fingerprint density at radius 3 is 2.44 bits per heavy atom. The first kappa shape index (κ1) is 25.8. The Morgan fingerprint density at radius 1 is 1.11 bits per heavy atom. The van der Waals surface area contributed by atoms with Crippen molar-refractivity contribution < 1.29 is 17.9 Å². The van der Waals surface area contributed by atoms with E-state index in [0.29, 0.717) is 41.7 Å². The van der Waals surface area contributed by atoms with Gasteiger partial charge >= 0.3 is 0 Å². The number of anilines is 1. The summed E-state index contributed by atoms with van der Waals surface area (Å²) in [6.45, 7) is 7.14. The molecule has 0 N–H and O–H groups in total. The Kier molecular flexibility index (Phi) is 7.43. The number of fused-ring (bicyclic) bond motifs is 1. The van der Waals surface area contributed by atoms with Gasteiger partial charge in [-0.05, 0) is 63.2 Å². The minimum atomic E-state index is -3.60. The van der Waals surface area contributed by atoms with Gasteiger partial charge in [0.15, 0.2) is 5.13 Å². The normalized spacial score (nSPS) is 11.8. The fourth-order valence-electron chi connectivity index (χ4n) is 3.82. The van der Waals surface area contributed by atoms with Crippen molar-refractivity contribution in [3.05, 3.63) is 65.5 Å². The van der Waals surface area contributed by atoms with E-state index in [4.69, 9.17) is 9.72 Å². The third kappa shape index (κ3) is 5.13. The largest absolute Gasteiger partial charge is 0.492 e. The Hall–Kier alpha value is -3.28. The number of para-hydroxylation sites is 1.